The van der Waals surface area contributed by atoms with Crippen LogP contribution in [0.15, 0.2) is 53.4 Å². The number of halogens is 1. The van der Waals surface area contributed by atoms with E-state index >= 15 is 0 Å². The molecule has 1 heterocycles. The van der Waals surface area contributed by atoms with E-state index in [4.69, 9.17) is 5.73 Å². The molecule has 0 aliphatic carbocycles. The molecule has 1 aliphatic rings. The summed E-state index contributed by atoms with van der Waals surface area (Å²) in [6.45, 7) is 1.85. The van der Waals surface area contributed by atoms with E-state index in [1.807, 2.05) is 19.1 Å². The number of primary amides is 1. The molecule has 3 rings (SSSR count). The van der Waals surface area contributed by atoms with Crippen molar-refractivity contribution in [3.05, 3.63) is 75.9 Å². The Labute approximate surface area is 194 Å². The van der Waals surface area contributed by atoms with Crippen molar-refractivity contribution >= 4 is 40.9 Å². The molecule has 1 fully saturated rings. The maximum absolute atomic E-state index is 13.8. The third kappa shape index (κ3) is 6.19. The lowest BCUT2D eigenvalue weighted by Gasteiger charge is -2.20. The molecule has 1 saturated heterocycles. The van der Waals surface area contributed by atoms with E-state index in [-0.39, 0.29) is 35.9 Å². The van der Waals surface area contributed by atoms with Crippen molar-refractivity contribution in [3.8, 4) is 0 Å². The summed E-state index contributed by atoms with van der Waals surface area (Å²) in [6.07, 6.45) is 1.27. The first-order valence-corrected chi connectivity index (χ1v) is 11.0. The second-order valence-electron chi connectivity index (χ2n) is 7.33. The Bertz CT molecular complexity index is 1120. The summed E-state index contributed by atoms with van der Waals surface area (Å²) in [7, 11) is 0. The summed E-state index contributed by atoms with van der Waals surface area (Å²) in [5.74, 6) is -1.43. The van der Waals surface area contributed by atoms with Crippen LogP contribution in [0.25, 0.3) is 6.08 Å². The Hall–Kier alpha value is -3.66. The van der Waals surface area contributed by atoms with Crippen LogP contribution in [-0.4, -0.2) is 41.1 Å². The van der Waals surface area contributed by atoms with Gasteiger partial charge in [-0.15, -0.1) is 0 Å². The number of carbonyl (C=O) groups excluding carboxylic acids is 4. The minimum atomic E-state index is -0.754. The van der Waals surface area contributed by atoms with Crippen molar-refractivity contribution in [3.63, 3.8) is 0 Å². The highest BCUT2D eigenvalue weighted by Gasteiger charge is 2.34. The van der Waals surface area contributed by atoms with E-state index in [2.05, 4.69) is 10.6 Å². The Morgan fingerprint density at radius 3 is 2.55 bits per heavy atom. The van der Waals surface area contributed by atoms with Gasteiger partial charge in [0.1, 0.15) is 5.82 Å². The van der Waals surface area contributed by atoms with Crippen molar-refractivity contribution in [2.24, 2.45) is 5.73 Å². The molecule has 8 nitrogen and oxygen atoms in total. The number of nitrogens with zero attached hydrogens (tertiary/aromatic N) is 1. The van der Waals surface area contributed by atoms with Gasteiger partial charge >= 0.3 is 6.03 Å². The lowest BCUT2D eigenvalue weighted by Crippen LogP contribution is -2.40. The second-order valence-corrected chi connectivity index (χ2v) is 8.32. The third-order valence-electron chi connectivity index (χ3n) is 4.99. The fourth-order valence-electron chi connectivity index (χ4n) is 3.38. The first-order chi connectivity index (χ1) is 15.8. The Morgan fingerprint density at radius 1 is 1.15 bits per heavy atom. The quantitative estimate of drug-likeness (QED) is 0.512. The molecule has 33 heavy (non-hydrogen) atoms. The lowest BCUT2D eigenvalue weighted by molar-refractivity contribution is -0.124. The number of carbonyl (C=O) groups is 4. The van der Waals surface area contributed by atoms with Crippen molar-refractivity contribution in [2.45, 2.75) is 19.4 Å². The number of nitrogens with two attached hydrogens (primary N) is 1. The number of rotatable bonds is 8. The molecule has 0 aromatic heterocycles. The number of imide groups is 1. The van der Waals surface area contributed by atoms with Gasteiger partial charge in [0.05, 0.1) is 17.4 Å². The Morgan fingerprint density at radius 2 is 1.85 bits per heavy atom. The molecule has 1 aliphatic heterocycles. The van der Waals surface area contributed by atoms with E-state index in [9.17, 15) is 23.6 Å². The summed E-state index contributed by atoms with van der Waals surface area (Å²) in [4.78, 5) is 49.7. The van der Waals surface area contributed by atoms with Crippen molar-refractivity contribution in [2.75, 3.05) is 13.1 Å². The molecular weight excluding hydrogens is 447 g/mol. The summed E-state index contributed by atoms with van der Waals surface area (Å²) in [5.41, 5.74) is 7.11. The Balaban J connectivity index is 1.58. The van der Waals surface area contributed by atoms with Crippen molar-refractivity contribution < 1.29 is 23.6 Å². The molecule has 0 unspecified atom stereocenters. The van der Waals surface area contributed by atoms with Crippen LogP contribution in [0.1, 0.15) is 29.2 Å². The van der Waals surface area contributed by atoms with Crippen molar-refractivity contribution in [1.29, 1.82) is 0 Å². The van der Waals surface area contributed by atoms with Gasteiger partial charge in [0.15, 0.2) is 0 Å². The van der Waals surface area contributed by atoms with Crippen LogP contribution < -0.4 is 16.4 Å². The second kappa shape index (κ2) is 10.8. The number of hydrogen-bond donors (Lipinski definition) is 3. The Kier molecular flexibility index (Phi) is 7.83. The SMILES string of the molecule is Cc1ccccc1[C@H](CC(=O)NCCN1C(=O)S/C(=C\c2ccccc2F)C1=O)NC(N)=O. The number of hydrogen-bond acceptors (Lipinski definition) is 5. The molecule has 5 amide bonds. The number of nitrogens with one attached hydrogen (secondary N) is 2. The molecule has 10 heteroatoms. The fourth-order valence-corrected chi connectivity index (χ4v) is 4.23. The highest BCUT2D eigenvalue weighted by Crippen LogP contribution is 2.32. The van der Waals surface area contributed by atoms with E-state index in [1.165, 1.54) is 24.3 Å². The van der Waals surface area contributed by atoms with Crippen LogP contribution >= 0.6 is 11.8 Å². The van der Waals surface area contributed by atoms with Crippen molar-refractivity contribution in [1.82, 2.24) is 15.5 Å². The number of thioether (sulfide) groups is 1. The highest BCUT2D eigenvalue weighted by atomic mass is 32.2. The normalized spacial score (nSPS) is 15.6. The largest absolute Gasteiger partial charge is 0.354 e. The summed E-state index contributed by atoms with van der Waals surface area (Å²) in [6, 6.07) is 11.9. The van der Waals surface area contributed by atoms with Gasteiger partial charge in [-0.25, -0.2) is 9.18 Å². The van der Waals surface area contributed by atoms with Crippen LogP contribution in [0.2, 0.25) is 0 Å². The van der Waals surface area contributed by atoms with Crippen LogP contribution in [0.5, 0.6) is 0 Å². The number of urea groups is 1. The van der Waals surface area contributed by atoms with Gasteiger partial charge < -0.3 is 16.4 Å². The van der Waals surface area contributed by atoms with Gasteiger partial charge in [-0.05, 0) is 42.0 Å². The molecule has 172 valence electrons. The molecule has 4 N–H and O–H groups in total. The zero-order valence-electron chi connectivity index (χ0n) is 17.8. The first kappa shape index (κ1) is 24.0. The molecule has 2 aromatic rings. The number of benzene rings is 2. The average Bonchev–Trinajstić information content (AvgIpc) is 3.02. The lowest BCUT2D eigenvalue weighted by atomic mass is 9.98. The summed E-state index contributed by atoms with van der Waals surface area (Å²) in [5, 5.41) is 4.72. The van der Waals surface area contributed by atoms with Crippen LogP contribution in [0, 0.1) is 12.7 Å². The summed E-state index contributed by atoms with van der Waals surface area (Å²) < 4.78 is 13.8. The maximum atomic E-state index is 13.8. The maximum Gasteiger partial charge on any atom is 0.312 e. The molecule has 0 bridgehead atoms. The third-order valence-corrected chi connectivity index (χ3v) is 5.90. The zero-order valence-corrected chi connectivity index (χ0v) is 18.7. The molecule has 0 spiro atoms. The van der Waals surface area contributed by atoms with E-state index in [0.29, 0.717) is 0 Å². The van der Waals surface area contributed by atoms with E-state index in [0.717, 1.165) is 27.8 Å². The van der Waals surface area contributed by atoms with E-state index in [1.54, 1.807) is 18.2 Å². The molecule has 2 aromatic carbocycles. The van der Waals surface area contributed by atoms with E-state index < -0.39 is 29.0 Å². The molecular formula is C23H23FN4O4S. The monoisotopic (exact) mass is 470 g/mol. The van der Waals surface area contributed by atoms with Crippen LogP contribution in [0.4, 0.5) is 14.0 Å². The van der Waals surface area contributed by atoms with Gasteiger partial charge in [0.2, 0.25) is 5.91 Å². The van der Waals surface area contributed by atoms with Crippen LogP contribution in [-0.2, 0) is 9.59 Å². The van der Waals surface area contributed by atoms with Gasteiger partial charge in [0, 0.05) is 18.7 Å². The zero-order chi connectivity index (χ0) is 24.0. The fraction of sp³-hybridized carbons (Fsp3) is 0.217. The minimum absolute atomic E-state index is 0.0287. The predicted octanol–water partition coefficient (Wildman–Crippen LogP) is 3.09. The number of amides is 5. The molecule has 0 radical (unpaired) electrons. The van der Waals surface area contributed by atoms with Gasteiger partial charge in [-0.1, -0.05) is 42.5 Å². The molecule has 0 saturated carbocycles. The van der Waals surface area contributed by atoms with Crippen LogP contribution in [0.3, 0.4) is 0 Å². The molecule has 1 atom stereocenters. The smallest absolute Gasteiger partial charge is 0.312 e. The first-order valence-electron chi connectivity index (χ1n) is 10.1. The van der Waals surface area contributed by atoms with Gasteiger partial charge in [-0.3, -0.25) is 19.3 Å². The van der Waals surface area contributed by atoms with Gasteiger partial charge in [0.25, 0.3) is 11.1 Å². The predicted molar refractivity (Wildman–Crippen MR) is 123 cm³/mol. The number of aryl methyl sites for hydroxylation is 1. The highest BCUT2D eigenvalue weighted by molar-refractivity contribution is 8.18. The topological polar surface area (TPSA) is 122 Å². The standard InChI is InChI=1S/C23H23FN4O4S/c1-14-6-2-4-8-16(14)18(27-22(25)31)13-20(29)26-10-11-28-21(30)19(33-23(28)32)12-15-7-3-5-9-17(15)24/h2-9,12,18H,10-11,13H2,1H3,(H,26,29)(H3,25,27,31)/b19-12-/t18-/m0/s1. The minimum Gasteiger partial charge on any atom is -0.354 e. The van der Waals surface area contributed by atoms with Gasteiger partial charge in [-0.2, -0.15) is 0 Å². The average molecular weight is 471 g/mol. The summed E-state index contributed by atoms with van der Waals surface area (Å²) >= 11 is 0.718.